The van der Waals surface area contributed by atoms with Gasteiger partial charge in [0.1, 0.15) is 6.04 Å². The molecule has 1 unspecified atom stereocenters. The second kappa shape index (κ2) is 9.67. The summed E-state index contributed by atoms with van der Waals surface area (Å²) in [5.74, 6) is -0.296. The predicted molar refractivity (Wildman–Crippen MR) is 138 cm³/mol. The quantitative estimate of drug-likeness (QED) is 0.267. The fraction of sp³-hybridized carbons (Fsp3) is 0.154. The van der Waals surface area contributed by atoms with Crippen LogP contribution in [0.15, 0.2) is 71.3 Å². The number of aryl methyl sites for hydroxylation is 2. The minimum atomic E-state index is -0.346. The summed E-state index contributed by atoms with van der Waals surface area (Å²) in [6.45, 7) is 5.65. The molecule has 0 aliphatic heterocycles. The smallest absolute Gasteiger partial charge is 0.217 e. The Morgan fingerprint density at radius 1 is 1.03 bits per heavy atom. The molecule has 2 aromatic heterocycles. The first-order valence-corrected chi connectivity index (χ1v) is 12.4. The van der Waals surface area contributed by atoms with Crippen molar-refractivity contribution in [1.82, 2.24) is 9.88 Å². The maximum atomic E-state index is 13.5. The van der Waals surface area contributed by atoms with Crippen LogP contribution in [-0.2, 0) is 4.79 Å². The highest BCUT2D eigenvalue weighted by atomic mass is 79.9. The minimum absolute atomic E-state index is 0.125. The maximum Gasteiger partial charge on any atom is 0.217 e. The van der Waals surface area contributed by atoms with E-state index < -0.39 is 0 Å². The van der Waals surface area contributed by atoms with E-state index in [-0.39, 0.29) is 17.7 Å². The summed E-state index contributed by atoms with van der Waals surface area (Å²) in [5.41, 5.74) is 3.71. The molecule has 4 aromatic rings. The molecule has 33 heavy (non-hydrogen) atoms. The van der Waals surface area contributed by atoms with Crippen molar-refractivity contribution in [2.24, 2.45) is 0 Å². The second-order valence-corrected chi connectivity index (χ2v) is 10.4. The molecule has 168 valence electrons. The molecule has 4 nitrogen and oxygen atoms in total. The van der Waals surface area contributed by atoms with Gasteiger partial charge in [0, 0.05) is 38.5 Å². The molecule has 2 heterocycles. The fourth-order valence-electron chi connectivity index (χ4n) is 3.78. The van der Waals surface area contributed by atoms with Crippen LogP contribution in [0.2, 0.25) is 5.02 Å². The molecule has 0 aliphatic rings. The van der Waals surface area contributed by atoms with Crippen molar-refractivity contribution in [1.29, 1.82) is 0 Å². The van der Waals surface area contributed by atoms with Gasteiger partial charge in [-0.25, -0.2) is 0 Å². The number of nitrogens with zero attached hydrogens (tertiary/aromatic N) is 1. The van der Waals surface area contributed by atoms with Crippen LogP contribution < -0.4 is 5.32 Å². The normalized spacial score (nSPS) is 11.9. The number of rotatable bonds is 6. The lowest BCUT2D eigenvalue weighted by molar-refractivity contribution is -0.119. The predicted octanol–water partition coefficient (Wildman–Crippen LogP) is 7.03. The Balaban J connectivity index is 1.87. The number of hydrogen-bond donors (Lipinski definition) is 1. The summed E-state index contributed by atoms with van der Waals surface area (Å²) < 4.78 is 2.75. The second-order valence-electron chi connectivity index (χ2n) is 7.80. The molecule has 1 atom stereocenters. The lowest BCUT2D eigenvalue weighted by Gasteiger charge is -2.21. The van der Waals surface area contributed by atoms with E-state index in [2.05, 4.69) is 41.2 Å². The molecule has 1 N–H and O–H groups in total. The molecule has 0 aliphatic carbocycles. The van der Waals surface area contributed by atoms with Gasteiger partial charge in [-0.2, -0.15) is 0 Å². The molecular weight excluding hydrogens is 520 g/mol. The summed E-state index contributed by atoms with van der Waals surface area (Å²) in [6.07, 6.45) is 1.91. The average molecular weight is 542 g/mol. The van der Waals surface area contributed by atoms with Gasteiger partial charge in [0.05, 0.1) is 16.4 Å². The van der Waals surface area contributed by atoms with Crippen molar-refractivity contribution in [3.8, 4) is 5.69 Å². The van der Waals surface area contributed by atoms with E-state index in [1.165, 1.54) is 17.4 Å². The van der Waals surface area contributed by atoms with Gasteiger partial charge >= 0.3 is 0 Å². The molecule has 0 bridgehead atoms. The summed E-state index contributed by atoms with van der Waals surface area (Å²) in [7, 11) is 0. The average Bonchev–Trinajstić information content (AvgIpc) is 3.38. The number of carbonyl (C=O) groups excluding carboxylic acids is 2. The van der Waals surface area contributed by atoms with Gasteiger partial charge in [0.2, 0.25) is 5.91 Å². The van der Waals surface area contributed by atoms with E-state index >= 15 is 0 Å². The van der Waals surface area contributed by atoms with Crippen LogP contribution in [0.25, 0.3) is 5.69 Å². The molecule has 2 aromatic carbocycles. The number of amides is 1. The van der Waals surface area contributed by atoms with Crippen LogP contribution in [0.1, 0.15) is 49.9 Å². The molecule has 7 heteroatoms. The van der Waals surface area contributed by atoms with Crippen molar-refractivity contribution in [3.05, 3.63) is 108 Å². The van der Waals surface area contributed by atoms with E-state index in [9.17, 15) is 9.59 Å². The van der Waals surface area contributed by atoms with Gasteiger partial charge in [0.15, 0.2) is 5.78 Å². The Labute approximate surface area is 210 Å². The number of halogens is 2. The van der Waals surface area contributed by atoms with Gasteiger partial charge in [-0.3, -0.25) is 9.59 Å². The van der Waals surface area contributed by atoms with Gasteiger partial charge in [-0.05, 0) is 67.9 Å². The first-order valence-electron chi connectivity index (χ1n) is 10.4. The molecule has 0 radical (unpaired) electrons. The lowest BCUT2D eigenvalue weighted by atomic mass is 10.0. The van der Waals surface area contributed by atoms with Crippen molar-refractivity contribution in [3.63, 3.8) is 0 Å². The zero-order valence-corrected chi connectivity index (χ0v) is 21.5. The molecule has 0 spiro atoms. The number of hydrogen-bond acceptors (Lipinski definition) is 3. The summed E-state index contributed by atoms with van der Waals surface area (Å²) in [4.78, 5) is 27.9. The van der Waals surface area contributed by atoms with Crippen LogP contribution >= 0.6 is 38.9 Å². The third kappa shape index (κ3) is 4.83. The van der Waals surface area contributed by atoms with Gasteiger partial charge in [-0.15, -0.1) is 11.3 Å². The van der Waals surface area contributed by atoms with Crippen LogP contribution in [0, 0.1) is 13.8 Å². The number of benzene rings is 2. The highest BCUT2D eigenvalue weighted by Crippen LogP contribution is 2.34. The van der Waals surface area contributed by atoms with Crippen molar-refractivity contribution >= 4 is 50.6 Å². The molecular formula is C26H22BrClN2O2S. The number of ketones is 1. The highest BCUT2D eigenvalue weighted by Gasteiger charge is 2.24. The molecule has 4 rings (SSSR count). The Morgan fingerprint density at radius 3 is 2.45 bits per heavy atom. The third-order valence-corrected chi connectivity index (χ3v) is 7.51. The Hall–Kier alpha value is -2.67. The summed E-state index contributed by atoms with van der Waals surface area (Å²) >= 11 is 11.5. The number of thiophene rings is 1. The monoisotopic (exact) mass is 540 g/mol. The molecule has 1 amide bonds. The Kier molecular flexibility index (Phi) is 6.88. The molecule has 0 saturated carbocycles. The summed E-state index contributed by atoms with van der Waals surface area (Å²) in [6, 6.07) is 18.3. The van der Waals surface area contributed by atoms with Crippen LogP contribution in [0.5, 0.6) is 0 Å². The van der Waals surface area contributed by atoms with E-state index in [0.29, 0.717) is 21.8 Å². The highest BCUT2D eigenvalue weighted by molar-refractivity contribution is 9.10. The zero-order chi connectivity index (χ0) is 23.7. The molecule has 0 saturated heterocycles. The van der Waals surface area contributed by atoms with Gasteiger partial charge in [0.25, 0.3) is 0 Å². The van der Waals surface area contributed by atoms with E-state index in [1.54, 1.807) is 41.7 Å². The summed E-state index contributed by atoms with van der Waals surface area (Å²) in [5, 5.41) is 3.49. The number of aromatic nitrogens is 1. The topological polar surface area (TPSA) is 51.1 Å². The largest absolute Gasteiger partial charge is 0.343 e. The number of nitrogens with one attached hydrogen (secondary N) is 1. The van der Waals surface area contributed by atoms with Gasteiger partial charge in [-0.1, -0.05) is 39.7 Å². The van der Waals surface area contributed by atoms with Crippen LogP contribution in [0.4, 0.5) is 0 Å². The SMILES string of the molecule is CC(=O)NC(c1cc(C)c(C)s1)c1cccn1-c1ccc(Br)cc1C(=O)c1ccccc1Cl. The Morgan fingerprint density at radius 2 is 1.79 bits per heavy atom. The molecule has 0 fully saturated rings. The first kappa shape index (κ1) is 23.5. The third-order valence-electron chi connectivity index (χ3n) is 5.47. The van der Waals surface area contributed by atoms with Crippen molar-refractivity contribution in [2.45, 2.75) is 26.8 Å². The van der Waals surface area contributed by atoms with Crippen molar-refractivity contribution < 1.29 is 9.59 Å². The van der Waals surface area contributed by atoms with Gasteiger partial charge < -0.3 is 9.88 Å². The first-order chi connectivity index (χ1) is 15.8. The standard InChI is InChI=1S/C26H22BrClN2O2S/c1-15-13-24(33-16(15)2)25(29-17(3)31)23-9-6-12-30(23)22-11-10-18(27)14-20(22)26(32)19-7-4-5-8-21(19)28/h4-14,25H,1-3H3,(H,29,31). The van der Waals surface area contributed by atoms with E-state index in [1.807, 2.05) is 35.0 Å². The Bertz CT molecular complexity index is 1340. The van der Waals surface area contributed by atoms with Crippen LogP contribution in [0.3, 0.4) is 0 Å². The van der Waals surface area contributed by atoms with E-state index in [4.69, 9.17) is 11.6 Å². The zero-order valence-electron chi connectivity index (χ0n) is 18.4. The van der Waals surface area contributed by atoms with Crippen LogP contribution in [-0.4, -0.2) is 16.3 Å². The lowest BCUT2D eigenvalue weighted by Crippen LogP contribution is -2.28. The van der Waals surface area contributed by atoms with Crippen molar-refractivity contribution in [2.75, 3.05) is 0 Å². The minimum Gasteiger partial charge on any atom is -0.343 e. The number of carbonyl (C=O) groups is 2. The maximum absolute atomic E-state index is 13.5. The van der Waals surface area contributed by atoms with E-state index in [0.717, 1.165) is 15.0 Å². The fourth-order valence-corrected chi connectivity index (χ4v) is 5.47.